The summed E-state index contributed by atoms with van der Waals surface area (Å²) in [5.41, 5.74) is 4.68. The summed E-state index contributed by atoms with van der Waals surface area (Å²) in [7, 11) is 0. The predicted octanol–water partition coefficient (Wildman–Crippen LogP) is 4.88. The molecule has 126 valence electrons. The summed E-state index contributed by atoms with van der Waals surface area (Å²) in [6.45, 7) is 13.9. The minimum absolute atomic E-state index is 0.0280. The second-order valence-electron chi connectivity index (χ2n) is 8.95. The molecule has 1 aromatic carbocycles. The molecule has 1 saturated carbocycles. The Morgan fingerprint density at radius 3 is 2.30 bits per heavy atom. The van der Waals surface area contributed by atoms with E-state index in [-0.39, 0.29) is 28.1 Å². The molecule has 0 saturated heterocycles. The Balaban J connectivity index is 1.97. The zero-order chi connectivity index (χ0) is 17.0. The number of fused-ring (bicyclic) bond motifs is 1. The molecule has 0 radical (unpaired) electrons. The van der Waals surface area contributed by atoms with Crippen LogP contribution in [0.4, 0.5) is 0 Å². The SMILES string of the molecule is CCOC(=O)C1CC1(C)c1ccc2c(c1)C(C)(C)CCC2(C)C. The lowest BCUT2D eigenvalue weighted by atomic mass is 9.62. The number of ether oxygens (including phenoxy) is 1. The van der Waals surface area contributed by atoms with Crippen molar-refractivity contribution in [2.75, 3.05) is 6.61 Å². The quantitative estimate of drug-likeness (QED) is 0.744. The third-order valence-corrected chi connectivity index (χ3v) is 6.32. The molecular formula is C21H30O2. The average molecular weight is 314 g/mol. The van der Waals surface area contributed by atoms with Crippen molar-refractivity contribution in [3.8, 4) is 0 Å². The monoisotopic (exact) mass is 314 g/mol. The third-order valence-electron chi connectivity index (χ3n) is 6.32. The standard InChI is InChI=1S/C21H30O2/c1-7-23-18(22)17-13-21(17,6)14-8-9-15-16(12-14)20(4,5)11-10-19(15,2)3/h8-9,12,17H,7,10-11,13H2,1-6H3. The Hall–Kier alpha value is -1.31. The van der Waals surface area contributed by atoms with Gasteiger partial charge in [-0.25, -0.2) is 0 Å². The zero-order valence-electron chi connectivity index (χ0n) is 15.5. The van der Waals surface area contributed by atoms with Crippen molar-refractivity contribution in [3.05, 3.63) is 34.9 Å². The highest BCUT2D eigenvalue weighted by Gasteiger charge is 2.57. The van der Waals surface area contributed by atoms with E-state index in [1.165, 1.54) is 29.5 Å². The highest BCUT2D eigenvalue weighted by atomic mass is 16.5. The Morgan fingerprint density at radius 1 is 1.09 bits per heavy atom. The number of hydrogen-bond donors (Lipinski definition) is 0. The van der Waals surface area contributed by atoms with Crippen molar-refractivity contribution in [2.24, 2.45) is 5.92 Å². The molecule has 3 rings (SSSR count). The number of carbonyl (C=O) groups excluding carboxylic acids is 1. The van der Waals surface area contributed by atoms with Crippen molar-refractivity contribution in [1.82, 2.24) is 0 Å². The van der Waals surface area contributed by atoms with Crippen LogP contribution in [0.3, 0.4) is 0 Å². The minimum atomic E-state index is -0.0427. The highest BCUT2D eigenvalue weighted by molar-refractivity contribution is 5.79. The second-order valence-corrected chi connectivity index (χ2v) is 8.95. The molecule has 0 amide bonds. The van der Waals surface area contributed by atoms with E-state index in [0.29, 0.717) is 6.61 Å². The van der Waals surface area contributed by atoms with Gasteiger partial charge in [0.05, 0.1) is 12.5 Å². The maximum atomic E-state index is 12.1. The lowest BCUT2D eigenvalue weighted by Crippen LogP contribution is -2.34. The van der Waals surface area contributed by atoms with Gasteiger partial charge in [0.15, 0.2) is 0 Å². The zero-order valence-corrected chi connectivity index (χ0v) is 15.5. The van der Waals surface area contributed by atoms with Crippen LogP contribution in [0, 0.1) is 5.92 Å². The van der Waals surface area contributed by atoms with Gasteiger partial charge in [0.2, 0.25) is 0 Å². The van der Waals surface area contributed by atoms with Crippen LogP contribution in [-0.2, 0) is 25.8 Å². The largest absolute Gasteiger partial charge is 0.466 e. The van der Waals surface area contributed by atoms with Crippen molar-refractivity contribution < 1.29 is 9.53 Å². The smallest absolute Gasteiger partial charge is 0.309 e. The fraction of sp³-hybridized carbons (Fsp3) is 0.667. The molecule has 2 heteroatoms. The fourth-order valence-electron chi connectivity index (χ4n) is 4.21. The molecule has 23 heavy (non-hydrogen) atoms. The van der Waals surface area contributed by atoms with Gasteiger partial charge in [-0.15, -0.1) is 0 Å². The van der Waals surface area contributed by atoms with Gasteiger partial charge in [-0.3, -0.25) is 4.79 Å². The average Bonchev–Trinajstić information content (AvgIpc) is 3.18. The summed E-state index contributed by atoms with van der Waals surface area (Å²) in [6, 6.07) is 6.95. The summed E-state index contributed by atoms with van der Waals surface area (Å²) < 4.78 is 5.23. The maximum absolute atomic E-state index is 12.1. The van der Waals surface area contributed by atoms with Crippen LogP contribution in [0.5, 0.6) is 0 Å². The first-order chi connectivity index (χ1) is 10.6. The van der Waals surface area contributed by atoms with Gasteiger partial charge < -0.3 is 4.74 Å². The molecule has 0 aliphatic heterocycles. The first-order valence-electron chi connectivity index (χ1n) is 8.94. The van der Waals surface area contributed by atoms with E-state index in [2.05, 4.69) is 52.8 Å². The molecule has 2 aliphatic rings. The molecule has 2 unspecified atom stereocenters. The van der Waals surface area contributed by atoms with E-state index in [4.69, 9.17) is 4.74 Å². The van der Waals surface area contributed by atoms with Gasteiger partial charge in [0.25, 0.3) is 0 Å². The molecule has 1 aromatic rings. The van der Waals surface area contributed by atoms with Crippen molar-refractivity contribution in [3.63, 3.8) is 0 Å². The lowest BCUT2D eigenvalue weighted by molar-refractivity contribution is -0.145. The lowest BCUT2D eigenvalue weighted by Gasteiger charge is -2.42. The summed E-state index contributed by atoms with van der Waals surface area (Å²) in [5, 5.41) is 0. The molecule has 0 N–H and O–H groups in total. The minimum Gasteiger partial charge on any atom is -0.466 e. The van der Waals surface area contributed by atoms with Crippen molar-refractivity contribution in [1.29, 1.82) is 0 Å². The number of hydrogen-bond acceptors (Lipinski definition) is 2. The molecule has 1 fully saturated rings. The Bertz CT molecular complexity index is 641. The Labute approximate surface area is 140 Å². The normalized spacial score (nSPS) is 30.4. The van der Waals surface area contributed by atoms with Gasteiger partial charge in [-0.1, -0.05) is 52.8 Å². The molecular weight excluding hydrogens is 284 g/mol. The first kappa shape index (κ1) is 16.5. The van der Waals surface area contributed by atoms with Crippen LogP contribution in [0.2, 0.25) is 0 Å². The van der Waals surface area contributed by atoms with E-state index in [9.17, 15) is 4.79 Å². The summed E-state index contributed by atoms with van der Waals surface area (Å²) in [5.74, 6) is -0.00692. The molecule has 0 spiro atoms. The van der Waals surface area contributed by atoms with Gasteiger partial charge in [-0.2, -0.15) is 0 Å². The summed E-state index contributed by atoms with van der Waals surface area (Å²) in [6.07, 6.45) is 3.36. The van der Waals surface area contributed by atoms with Crippen molar-refractivity contribution >= 4 is 5.97 Å². The first-order valence-corrected chi connectivity index (χ1v) is 8.94. The van der Waals surface area contributed by atoms with E-state index in [1.807, 2.05) is 6.92 Å². The van der Waals surface area contributed by atoms with Crippen LogP contribution in [-0.4, -0.2) is 12.6 Å². The number of rotatable bonds is 3. The van der Waals surface area contributed by atoms with E-state index in [1.54, 1.807) is 0 Å². The molecule has 2 nitrogen and oxygen atoms in total. The number of esters is 1. The van der Waals surface area contributed by atoms with E-state index >= 15 is 0 Å². The maximum Gasteiger partial charge on any atom is 0.309 e. The van der Waals surface area contributed by atoms with Gasteiger partial charge in [0, 0.05) is 5.41 Å². The molecule has 0 bridgehead atoms. The van der Waals surface area contributed by atoms with Crippen LogP contribution < -0.4 is 0 Å². The van der Waals surface area contributed by atoms with Gasteiger partial charge >= 0.3 is 5.97 Å². The van der Waals surface area contributed by atoms with Gasteiger partial charge in [0.1, 0.15) is 0 Å². The Morgan fingerprint density at radius 2 is 1.70 bits per heavy atom. The highest BCUT2D eigenvalue weighted by Crippen LogP contribution is 2.56. The fourth-order valence-corrected chi connectivity index (χ4v) is 4.21. The Kier molecular flexibility index (Phi) is 3.66. The molecule has 2 atom stereocenters. The third kappa shape index (κ3) is 2.60. The second kappa shape index (κ2) is 5.09. The van der Waals surface area contributed by atoms with Crippen LogP contribution in [0.15, 0.2) is 18.2 Å². The van der Waals surface area contributed by atoms with Crippen LogP contribution in [0.1, 0.15) is 77.5 Å². The molecule has 2 aliphatic carbocycles. The molecule has 0 heterocycles. The number of benzene rings is 1. The van der Waals surface area contributed by atoms with Crippen molar-refractivity contribution in [2.45, 2.75) is 77.0 Å². The number of carbonyl (C=O) groups is 1. The van der Waals surface area contributed by atoms with Gasteiger partial charge in [-0.05, 0) is 53.7 Å². The summed E-state index contributed by atoms with van der Waals surface area (Å²) >= 11 is 0. The van der Waals surface area contributed by atoms with Crippen LogP contribution in [0.25, 0.3) is 0 Å². The predicted molar refractivity (Wildman–Crippen MR) is 93.8 cm³/mol. The molecule has 0 aromatic heterocycles. The summed E-state index contributed by atoms with van der Waals surface area (Å²) in [4.78, 5) is 12.1. The van der Waals surface area contributed by atoms with E-state index in [0.717, 1.165) is 6.42 Å². The topological polar surface area (TPSA) is 26.3 Å². The van der Waals surface area contributed by atoms with E-state index < -0.39 is 0 Å². The van der Waals surface area contributed by atoms with Crippen LogP contribution >= 0.6 is 0 Å².